The van der Waals surface area contributed by atoms with Gasteiger partial charge in [-0.3, -0.25) is 32.5 Å². The number of phosphoric ester groups is 3. The van der Waals surface area contributed by atoms with Crippen LogP contribution in [0.15, 0.2) is 43.0 Å². The van der Waals surface area contributed by atoms with E-state index in [4.69, 9.17) is 25.3 Å². The summed E-state index contributed by atoms with van der Waals surface area (Å²) in [5, 5.41) is 26.3. The van der Waals surface area contributed by atoms with Crippen molar-refractivity contribution < 1.29 is 80.5 Å². The van der Waals surface area contributed by atoms with Gasteiger partial charge in [-0.1, -0.05) is 55.9 Å². The van der Waals surface area contributed by atoms with E-state index in [0.29, 0.717) is 0 Å². The second kappa shape index (κ2) is 20.5. The number of nitrogens with zero attached hydrogens (tertiary/aromatic N) is 4. The van der Waals surface area contributed by atoms with Crippen LogP contribution in [0, 0.1) is 5.41 Å². The predicted molar refractivity (Wildman–Crippen MR) is 205 cm³/mol. The molecule has 59 heavy (non-hydrogen) atoms. The number of nitrogens with one attached hydrogen (secondary N) is 2. The number of anilines is 1. The average Bonchev–Trinajstić information content (AvgIpc) is 3.71. The number of carbonyl (C=O) groups is 3. The lowest BCUT2D eigenvalue weighted by Crippen LogP contribution is -2.46. The van der Waals surface area contributed by atoms with E-state index in [2.05, 4.69) is 34.4 Å². The largest absolute Gasteiger partial charge is 0.481 e. The number of aliphatic hydroxyl groups excluding tert-OH is 2. The van der Waals surface area contributed by atoms with Gasteiger partial charge in [-0.2, -0.15) is 4.31 Å². The molecule has 1 aliphatic rings. The van der Waals surface area contributed by atoms with Gasteiger partial charge in [0.05, 0.1) is 19.5 Å². The number of thioether (sulfide) groups is 1. The highest BCUT2D eigenvalue weighted by Gasteiger charge is 2.50. The van der Waals surface area contributed by atoms with Gasteiger partial charge < -0.3 is 56.6 Å². The van der Waals surface area contributed by atoms with Crippen molar-refractivity contribution in [3.8, 4) is 0 Å². The summed E-state index contributed by atoms with van der Waals surface area (Å²) < 4.78 is 62.2. The highest BCUT2D eigenvalue weighted by molar-refractivity contribution is 8.13. The van der Waals surface area contributed by atoms with Crippen molar-refractivity contribution in [3.05, 3.63) is 48.5 Å². The van der Waals surface area contributed by atoms with E-state index in [1.165, 1.54) is 13.8 Å². The summed E-state index contributed by atoms with van der Waals surface area (Å²) in [6.07, 6.45) is -6.86. The Bertz CT molecular complexity index is 2080. The molecule has 2 amide bonds. The normalized spacial score (nSPS) is 21.6. The van der Waals surface area contributed by atoms with E-state index in [-0.39, 0.29) is 53.8 Å². The van der Waals surface area contributed by atoms with Crippen molar-refractivity contribution in [2.24, 2.45) is 11.1 Å². The lowest BCUT2D eigenvalue weighted by atomic mass is 9.87. The van der Waals surface area contributed by atoms with Gasteiger partial charge in [0.25, 0.3) is 0 Å². The molecule has 2 aromatic heterocycles. The van der Waals surface area contributed by atoms with Crippen LogP contribution in [0.25, 0.3) is 11.2 Å². The first-order valence-electron chi connectivity index (χ1n) is 17.3. The Balaban J connectivity index is 1.20. The van der Waals surface area contributed by atoms with Crippen molar-refractivity contribution >= 4 is 69.1 Å². The molecular weight excluding hydrogens is 869 g/mol. The van der Waals surface area contributed by atoms with Gasteiger partial charge in [0.1, 0.15) is 36.3 Å². The third-order valence-electron chi connectivity index (χ3n) is 8.38. The molecule has 0 radical (unpaired) electrons. The molecule has 25 nitrogen and oxygen atoms in total. The molecule has 4 rings (SSSR count). The van der Waals surface area contributed by atoms with Crippen LogP contribution in [0.4, 0.5) is 5.82 Å². The van der Waals surface area contributed by atoms with E-state index >= 15 is 0 Å². The van der Waals surface area contributed by atoms with Crippen molar-refractivity contribution in [2.45, 2.75) is 63.4 Å². The fourth-order valence-electron chi connectivity index (χ4n) is 5.35. The first-order valence-corrected chi connectivity index (χ1v) is 22.8. The summed E-state index contributed by atoms with van der Waals surface area (Å²) in [4.78, 5) is 88.0. The summed E-state index contributed by atoms with van der Waals surface area (Å²) >= 11 is 1.01. The molecule has 328 valence electrons. The molecule has 29 heteroatoms. The number of hydrogen-bond donors (Lipinski definition) is 10. The maximum atomic E-state index is 12.7. The van der Waals surface area contributed by atoms with Gasteiger partial charge in [-0.25, -0.2) is 28.6 Å². The van der Waals surface area contributed by atoms with E-state index in [9.17, 15) is 57.9 Å². The predicted octanol–water partition coefficient (Wildman–Crippen LogP) is -0.245. The van der Waals surface area contributed by atoms with Crippen LogP contribution in [0.5, 0.6) is 0 Å². The van der Waals surface area contributed by atoms with Crippen molar-refractivity contribution in [2.75, 3.05) is 37.8 Å². The van der Waals surface area contributed by atoms with Gasteiger partial charge in [0.2, 0.25) is 11.8 Å². The minimum atomic E-state index is -5.58. The standard InChI is InChI=1S/C30H45N8O17P3S/c1-30(2,25(42)28(43)34-9-8-20(39)33-10-11-59-21(40)12-18(31)17-6-4-3-5-7-17)14-52-58(49,50)55-57(47,48)51-13-19-24(54-56(44,45)46)23(41)29(53-19)38-16-37-22-26(32)35-15-36-27(22)38/h3-7,15-16,18-19,23-25,29,41-42H,8-14,31H2,1-2H3,(H,33,39)(H,34,43)(H,47,48)(H,49,50)(H2,32,35,36)(H2,44,45,46). The van der Waals surface area contributed by atoms with E-state index < -0.39 is 90.6 Å². The number of aliphatic hydroxyl groups is 2. The summed E-state index contributed by atoms with van der Waals surface area (Å²) in [5.74, 6) is -1.21. The van der Waals surface area contributed by atoms with Crippen LogP contribution in [-0.4, -0.2) is 123 Å². The van der Waals surface area contributed by atoms with E-state index in [0.717, 1.165) is 34.5 Å². The van der Waals surface area contributed by atoms with Crippen LogP contribution in [0.1, 0.15) is 44.5 Å². The van der Waals surface area contributed by atoms with Gasteiger partial charge >= 0.3 is 23.5 Å². The molecule has 3 heterocycles. The quantitative estimate of drug-likeness (QED) is 0.0459. The van der Waals surface area contributed by atoms with Crippen LogP contribution in [0.3, 0.4) is 0 Å². The lowest BCUT2D eigenvalue weighted by Gasteiger charge is -2.30. The summed E-state index contributed by atoms with van der Waals surface area (Å²) in [6.45, 7) is 0.400. The molecule has 8 unspecified atom stereocenters. The average molecular weight is 915 g/mol. The number of carbonyl (C=O) groups excluding carboxylic acids is 3. The Morgan fingerprint density at radius 3 is 2.37 bits per heavy atom. The Labute approximate surface area is 340 Å². The zero-order valence-corrected chi connectivity index (χ0v) is 34.8. The van der Waals surface area contributed by atoms with Gasteiger partial charge in [-0.15, -0.1) is 0 Å². The summed E-state index contributed by atoms with van der Waals surface area (Å²) in [7, 11) is -16.4. The first-order chi connectivity index (χ1) is 27.5. The lowest BCUT2D eigenvalue weighted by molar-refractivity contribution is -0.137. The molecule has 1 fully saturated rings. The number of nitrogens with two attached hydrogens (primary N) is 2. The minimum absolute atomic E-state index is 0.0271. The van der Waals surface area contributed by atoms with E-state index in [1.807, 2.05) is 30.3 Å². The van der Waals surface area contributed by atoms with Crippen LogP contribution in [-0.2, 0) is 50.7 Å². The van der Waals surface area contributed by atoms with Gasteiger partial charge in [0.15, 0.2) is 22.8 Å². The Kier molecular flexibility index (Phi) is 16.8. The number of imidazole rings is 1. The minimum Gasteiger partial charge on any atom is -0.386 e. The number of amides is 2. The summed E-state index contributed by atoms with van der Waals surface area (Å²) in [5.41, 5.74) is 11.1. The zero-order valence-electron chi connectivity index (χ0n) is 31.3. The van der Waals surface area contributed by atoms with Crippen LogP contribution >= 0.6 is 35.2 Å². The summed E-state index contributed by atoms with van der Waals surface area (Å²) in [6, 6.07) is 8.67. The molecule has 8 atom stereocenters. The Morgan fingerprint density at radius 2 is 1.69 bits per heavy atom. The zero-order chi connectivity index (χ0) is 43.8. The highest BCUT2D eigenvalue weighted by Crippen LogP contribution is 2.61. The first kappa shape index (κ1) is 48.4. The van der Waals surface area contributed by atoms with E-state index in [1.54, 1.807) is 0 Å². The molecule has 1 saturated heterocycles. The SMILES string of the molecule is CC(C)(COP(=O)(O)OP(=O)(O)OCC1OC(n2cnc3c(N)ncnc32)C(O)C1OP(=O)(O)O)C(O)C(=O)NCCC(=O)NCCSC(=O)CC(N)c1ccccc1. The number of hydrogen-bond acceptors (Lipinski definition) is 19. The second-order valence-electron chi connectivity index (χ2n) is 13.5. The maximum absolute atomic E-state index is 12.7. The molecular formula is C30H45N8O17P3S. The monoisotopic (exact) mass is 914 g/mol. The van der Waals surface area contributed by atoms with Crippen molar-refractivity contribution in [3.63, 3.8) is 0 Å². The molecule has 0 spiro atoms. The van der Waals surface area contributed by atoms with Gasteiger partial charge in [0, 0.05) is 43.1 Å². The molecule has 1 aliphatic heterocycles. The van der Waals surface area contributed by atoms with Crippen molar-refractivity contribution in [1.29, 1.82) is 0 Å². The fourth-order valence-corrected chi connectivity index (χ4v) is 8.91. The second-order valence-corrected chi connectivity index (χ2v) is 18.9. The number of ether oxygens (including phenoxy) is 1. The van der Waals surface area contributed by atoms with Gasteiger partial charge in [-0.05, 0) is 5.56 Å². The molecule has 0 saturated carbocycles. The number of aromatic nitrogens is 4. The maximum Gasteiger partial charge on any atom is 0.481 e. The number of fused-ring (bicyclic) bond motifs is 1. The fraction of sp³-hybridized carbons (Fsp3) is 0.533. The number of nitrogen functional groups attached to an aromatic ring is 1. The smallest absolute Gasteiger partial charge is 0.386 e. The molecule has 1 aromatic carbocycles. The highest BCUT2D eigenvalue weighted by atomic mass is 32.2. The molecule has 3 aromatic rings. The van der Waals surface area contributed by atoms with Crippen LogP contribution < -0.4 is 22.1 Å². The molecule has 12 N–H and O–H groups in total. The Morgan fingerprint density at radius 1 is 1.02 bits per heavy atom. The Hall–Kier alpha value is -3.26. The molecule has 0 bridgehead atoms. The topological polar surface area (TPSA) is 390 Å². The van der Waals surface area contributed by atoms with Crippen molar-refractivity contribution in [1.82, 2.24) is 30.2 Å². The van der Waals surface area contributed by atoms with Crippen LogP contribution in [0.2, 0.25) is 0 Å². The number of phosphoric acid groups is 3. The third-order valence-corrected chi connectivity index (χ3v) is 12.4. The third kappa shape index (κ3) is 14.4. The number of benzene rings is 1. The number of rotatable bonds is 22. The molecule has 0 aliphatic carbocycles.